The lowest BCUT2D eigenvalue weighted by molar-refractivity contribution is 0.122. The van der Waals surface area contributed by atoms with Gasteiger partial charge in [-0.2, -0.15) is 5.10 Å². The quantitative estimate of drug-likeness (QED) is 0.762. The van der Waals surface area contributed by atoms with Crippen LogP contribution in [0.3, 0.4) is 0 Å². The van der Waals surface area contributed by atoms with E-state index in [9.17, 15) is 9.59 Å². The molecule has 26 heavy (non-hydrogen) atoms. The highest BCUT2D eigenvalue weighted by Gasteiger charge is 2.31. The molecule has 2 aliphatic rings. The number of H-pyrrole nitrogens is 1. The Morgan fingerprint density at radius 3 is 2.88 bits per heavy atom. The number of amides is 4. The van der Waals surface area contributed by atoms with Crippen LogP contribution < -0.4 is 10.6 Å². The van der Waals surface area contributed by atoms with Crippen LogP contribution in [-0.4, -0.2) is 69.3 Å². The Morgan fingerprint density at radius 1 is 1.31 bits per heavy atom. The number of hydrogen-bond donors (Lipinski definition) is 3. The lowest BCUT2D eigenvalue weighted by atomic mass is 10.0. The number of rotatable bonds is 3. The zero-order valence-corrected chi connectivity index (χ0v) is 15.1. The molecule has 2 aromatic heterocycles. The van der Waals surface area contributed by atoms with Crippen molar-refractivity contribution in [3.05, 3.63) is 17.8 Å². The van der Waals surface area contributed by atoms with Crippen LogP contribution in [0, 0.1) is 0 Å². The van der Waals surface area contributed by atoms with Gasteiger partial charge in [-0.25, -0.2) is 14.6 Å². The zero-order valence-electron chi connectivity index (χ0n) is 14.3. The molecule has 3 N–H and O–H groups in total. The van der Waals surface area contributed by atoms with Gasteiger partial charge in [-0.1, -0.05) is 0 Å². The predicted octanol–water partition coefficient (Wildman–Crippen LogP) is 1.94. The summed E-state index contributed by atoms with van der Waals surface area (Å²) in [6.07, 6.45) is 5.89. The Balaban J connectivity index is 1.34. The highest BCUT2D eigenvalue weighted by atomic mass is 32.1. The maximum Gasteiger partial charge on any atom is 0.321 e. The van der Waals surface area contributed by atoms with Crippen LogP contribution in [0.1, 0.15) is 19.3 Å². The number of anilines is 1. The van der Waals surface area contributed by atoms with Crippen LogP contribution in [-0.2, 0) is 0 Å². The van der Waals surface area contributed by atoms with Gasteiger partial charge in [0.05, 0.1) is 11.9 Å². The summed E-state index contributed by atoms with van der Waals surface area (Å²) in [6.45, 7) is 2.81. The molecular formula is C16H21N7O2S. The van der Waals surface area contributed by atoms with Gasteiger partial charge in [0.15, 0.2) is 0 Å². The molecule has 4 amide bonds. The Kier molecular flexibility index (Phi) is 4.74. The second-order valence-corrected chi connectivity index (χ2v) is 7.32. The minimum atomic E-state index is -0.147. The molecule has 10 heteroatoms. The lowest BCUT2D eigenvalue weighted by Crippen LogP contribution is -2.55. The Bertz CT molecular complexity index is 767. The van der Waals surface area contributed by atoms with Gasteiger partial charge in [0.25, 0.3) is 0 Å². The summed E-state index contributed by atoms with van der Waals surface area (Å²) in [4.78, 5) is 32.5. The topological polar surface area (TPSA) is 106 Å². The number of nitrogens with one attached hydrogen (secondary N) is 3. The van der Waals surface area contributed by atoms with Crippen LogP contribution in [0.15, 0.2) is 17.8 Å². The Morgan fingerprint density at radius 2 is 2.15 bits per heavy atom. The first kappa shape index (κ1) is 16.8. The molecular weight excluding hydrogens is 354 g/mol. The third kappa shape index (κ3) is 3.36. The van der Waals surface area contributed by atoms with Crippen molar-refractivity contribution in [2.24, 2.45) is 0 Å². The van der Waals surface area contributed by atoms with Crippen molar-refractivity contribution >= 4 is 29.1 Å². The van der Waals surface area contributed by atoms with Crippen molar-refractivity contribution in [1.29, 1.82) is 0 Å². The molecule has 0 spiro atoms. The van der Waals surface area contributed by atoms with Gasteiger partial charge in [-0.05, 0) is 19.3 Å². The summed E-state index contributed by atoms with van der Waals surface area (Å²) in [7, 11) is 0. The van der Waals surface area contributed by atoms with Crippen molar-refractivity contribution in [2.75, 3.05) is 31.5 Å². The number of carbonyl (C=O) groups is 2. The standard InChI is InChI=1S/C16H21N7O2S/c24-15-18-4-1-6-23(15)11-2-7-22(8-3-11)16(25)20-12-10-19-21-13(12)14-17-5-9-26-14/h5,9-11H,1-4,6-8H2,(H,18,24)(H,19,21)(H,20,25). The monoisotopic (exact) mass is 375 g/mol. The molecule has 2 fully saturated rings. The maximum atomic E-state index is 12.6. The predicted molar refractivity (Wildman–Crippen MR) is 98.0 cm³/mol. The van der Waals surface area contributed by atoms with Gasteiger partial charge in [0.1, 0.15) is 10.7 Å². The van der Waals surface area contributed by atoms with Gasteiger partial charge >= 0.3 is 12.1 Å². The van der Waals surface area contributed by atoms with E-state index in [1.54, 1.807) is 17.3 Å². The second-order valence-electron chi connectivity index (χ2n) is 6.42. The summed E-state index contributed by atoms with van der Waals surface area (Å²) < 4.78 is 0. The molecule has 0 bridgehead atoms. The van der Waals surface area contributed by atoms with E-state index in [0.717, 1.165) is 37.4 Å². The highest BCUT2D eigenvalue weighted by Crippen LogP contribution is 2.27. The minimum Gasteiger partial charge on any atom is -0.338 e. The summed E-state index contributed by atoms with van der Waals surface area (Å²) >= 11 is 1.48. The smallest absolute Gasteiger partial charge is 0.321 e. The van der Waals surface area contributed by atoms with Gasteiger partial charge in [0, 0.05) is 43.8 Å². The van der Waals surface area contributed by atoms with E-state index in [-0.39, 0.29) is 18.1 Å². The molecule has 0 aliphatic carbocycles. The van der Waals surface area contributed by atoms with Crippen molar-refractivity contribution in [3.63, 3.8) is 0 Å². The van der Waals surface area contributed by atoms with E-state index in [1.807, 2.05) is 10.3 Å². The fourth-order valence-electron chi connectivity index (χ4n) is 3.46. The molecule has 0 unspecified atom stereocenters. The molecule has 138 valence electrons. The number of aromatic amines is 1. The van der Waals surface area contributed by atoms with Crippen LogP contribution in [0.4, 0.5) is 15.3 Å². The first-order valence-electron chi connectivity index (χ1n) is 8.76. The summed E-state index contributed by atoms with van der Waals surface area (Å²) in [5.74, 6) is 0. The van der Waals surface area contributed by atoms with E-state index in [4.69, 9.17) is 0 Å². The number of piperidine rings is 1. The number of thiazole rings is 1. The normalized spacial score (nSPS) is 18.7. The van der Waals surface area contributed by atoms with Crippen LogP contribution >= 0.6 is 11.3 Å². The van der Waals surface area contributed by atoms with Crippen molar-refractivity contribution in [1.82, 2.24) is 30.3 Å². The van der Waals surface area contributed by atoms with Crippen LogP contribution in [0.5, 0.6) is 0 Å². The molecule has 9 nitrogen and oxygen atoms in total. The number of aromatic nitrogens is 3. The van der Waals surface area contributed by atoms with Crippen LogP contribution in [0.25, 0.3) is 10.7 Å². The van der Waals surface area contributed by atoms with E-state index in [0.29, 0.717) is 24.5 Å². The fourth-order valence-corrected chi connectivity index (χ4v) is 4.11. The maximum absolute atomic E-state index is 12.6. The van der Waals surface area contributed by atoms with E-state index >= 15 is 0 Å². The summed E-state index contributed by atoms with van der Waals surface area (Å²) in [6, 6.07) is 0.0792. The molecule has 4 rings (SSSR count). The molecule has 4 heterocycles. The van der Waals surface area contributed by atoms with Crippen molar-refractivity contribution < 1.29 is 9.59 Å². The van der Waals surface area contributed by atoms with Gasteiger partial charge in [0.2, 0.25) is 0 Å². The first-order valence-corrected chi connectivity index (χ1v) is 9.64. The molecule has 0 radical (unpaired) electrons. The molecule has 2 aromatic rings. The lowest BCUT2D eigenvalue weighted by Gasteiger charge is -2.40. The van der Waals surface area contributed by atoms with Crippen molar-refractivity contribution in [2.45, 2.75) is 25.3 Å². The number of hydrogen-bond acceptors (Lipinski definition) is 5. The van der Waals surface area contributed by atoms with Crippen LogP contribution in [0.2, 0.25) is 0 Å². The number of nitrogens with zero attached hydrogens (tertiary/aromatic N) is 4. The average Bonchev–Trinajstić information content (AvgIpc) is 3.33. The molecule has 0 aromatic carbocycles. The number of urea groups is 2. The third-order valence-corrected chi connectivity index (χ3v) is 5.62. The second kappa shape index (κ2) is 7.32. The molecule has 0 saturated carbocycles. The largest absolute Gasteiger partial charge is 0.338 e. The SMILES string of the molecule is O=C(Nc1cn[nH]c1-c1nccs1)N1CCC(N2CCCNC2=O)CC1. The first-order chi connectivity index (χ1) is 12.7. The molecule has 0 atom stereocenters. The Labute approximate surface area is 154 Å². The number of likely N-dealkylation sites (tertiary alicyclic amines) is 1. The van der Waals surface area contributed by atoms with E-state index < -0.39 is 0 Å². The van der Waals surface area contributed by atoms with Gasteiger partial charge in [-0.15, -0.1) is 11.3 Å². The number of carbonyl (C=O) groups excluding carboxylic acids is 2. The molecule has 2 aliphatic heterocycles. The van der Waals surface area contributed by atoms with Gasteiger partial charge < -0.3 is 20.4 Å². The Hall–Kier alpha value is -2.62. The zero-order chi connectivity index (χ0) is 17.9. The van der Waals surface area contributed by atoms with Crippen molar-refractivity contribution in [3.8, 4) is 10.7 Å². The highest BCUT2D eigenvalue weighted by molar-refractivity contribution is 7.13. The molecule has 2 saturated heterocycles. The third-order valence-electron chi connectivity index (χ3n) is 4.83. The fraction of sp³-hybridized carbons (Fsp3) is 0.500. The van der Waals surface area contributed by atoms with E-state index in [1.165, 1.54) is 11.3 Å². The average molecular weight is 375 g/mol. The summed E-state index contributed by atoms with van der Waals surface area (Å²) in [5.41, 5.74) is 1.34. The van der Waals surface area contributed by atoms with Gasteiger partial charge in [-0.3, -0.25) is 5.10 Å². The van der Waals surface area contributed by atoms with E-state index in [2.05, 4.69) is 25.8 Å². The summed E-state index contributed by atoms with van der Waals surface area (Å²) in [5, 5.41) is 15.4. The minimum absolute atomic E-state index is 0.0191.